The van der Waals surface area contributed by atoms with Crippen LogP contribution in [0.1, 0.15) is 15.9 Å². The summed E-state index contributed by atoms with van der Waals surface area (Å²) in [5.74, 6) is -1.37. The summed E-state index contributed by atoms with van der Waals surface area (Å²) in [6.07, 6.45) is 0. The van der Waals surface area contributed by atoms with E-state index in [0.29, 0.717) is 5.02 Å². The number of benzene rings is 1. The first-order valence-electron chi connectivity index (χ1n) is 3.06. The summed E-state index contributed by atoms with van der Waals surface area (Å²) in [5.41, 5.74) is -0.121. The van der Waals surface area contributed by atoms with Crippen LogP contribution in [0.2, 0.25) is 5.02 Å². The van der Waals surface area contributed by atoms with Crippen molar-refractivity contribution in [1.29, 1.82) is 5.26 Å². The highest BCUT2D eigenvalue weighted by Crippen LogP contribution is 2.14. The van der Waals surface area contributed by atoms with Crippen molar-refractivity contribution in [3.63, 3.8) is 0 Å². The monoisotopic (exact) mass is 180 g/mol. The maximum Gasteiger partial charge on any atom is 0.0999 e. The number of carbonyl (C=O) groups is 1. The van der Waals surface area contributed by atoms with Gasteiger partial charge in [-0.1, -0.05) is 17.7 Å². The Hall–Kier alpha value is -1.53. The molecule has 12 heavy (non-hydrogen) atoms. The molecule has 0 bridgehead atoms. The molecule has 0 saturated heterocycles. The minimum atomic E-state index is -1.37. The van der Waals surface area contributed by atoms with Crippen LogP contribution in [0.15, 0.2) is 18.2 Å². The molecule has 3 nitrogen and oxygen atoms in total. The van der Waals surface area contributed by atoms with E-state index in [1.54, 1.807) is 6.07 Å². The van der Waals surface area contributed by atoms with Crippen LogP contribution in [0.3, 0.4) is 0 Å². The molecular formula is C8H3ClNO2-. The Morgan fingerprint density at radius 2 is 2.25 bits per heavy atom. The lowest BCUT2D eigenvalue weighted by Gasteiger charge is -2.03. The first-order valence-corrected chi connectivity index (χ1v) is 3.44. The van der Waals surface area contributed by atoms with Gasteiger partial charge in [0.15, 0.2) is 0 Å². The summed E-state index contributed by atoms with van der Waals surface area (Å²) in [6.45, 7) is 0. The number of carboxylic acid groups (broad SMARTS) is 1. The van der Waals surface area contributed by atoms with Crippen molar-refractivity contribution in [2.45, 2.75) is 0 Å². The lowest BCUT2D eigenvalue weighted by Crippen LogP contribution is -2.23. The summed E-state index contributed by atoms with van der Waals surface area (Å²) in [6, 6.07) is 5.64. The van der Waals surface area contributed by atoms with Crippen LogP contribution in [0.25, 0.3) is 0 Å². The average Bonchev–Trinajstić information content (AvgIpc) is 2.03. The summed E-state index contributed by atoms with van der Waals surface area (Å²) in [7, 11) is 0. The molecule has 4 heteroatoms. The first kappa shape index (κ1) is 8.57. The summed E-state index contributed by atoms with van der Waals surface area (Å²) >= 11 is 5.54. The Kier molecular flexibility index (Phi) is 2.32. The molecule has 0 aliphatic carbocycles. The van der Waals surface area contributed by atoms with Crippen LogP contribution < -0.4 is 5.11 Å². The molecule has 0 aromatic heterocycles. The molecule has 0 saturated carbocycles. The van der Waals surface area contributed by atoms with Crippen molar-refractivity contribution in [3.05, 3.63) is 34.3 Å². The van der Waals surface area contributed by atoms with E-state index in [1.165, 1.54) is 18.2 Å². The van der Waals surface area contributed by atoms with E-state index >= 15 is 0 Å². The Morgan fingerprint density at radius 3 is 2.75 bits per heavy atom. The van der Waals surface area contributed by atoms with Crippen molar-refractivity contribution in [1.82, 2.24) is 0 Å². The predicted molar refractivity (Wildman–Crippen MR) is 40.5 cm³/mol. The van der Waals surface area contributed by atoms with Gasteiger partial charge >= 0.3 is 0 Å². The van der Waals surface area contributed by atoms with Gasteiger partial charge in [-0.3, -0.25) is 0 Å². The number of carboxylic acids is 1. The number of hydrogen-bond acceptors (Lipinski definition) is 3. The highest BCUT2D eigenvalue weighted by molar-refractivity contribution is 6.30. The third-order valence-corrected chi connectivity index (χ3v) is 1.56. The number of nitriles is 1. The largest absolute Gasteiger partial charge is 0.545 e. The molecule has 0 fully saturated rings. The van der Waals surface area contributed by atoms with Gasteiger partial charge in [0.25, 0.3) is 0 Å². The van der Waals surface area contributed by atoms with Gasteiger partial charge in [0.1, 0.15) is 0 Å². The zero-order valence-corrected chi connectivity index (χ0v) is 6.63. The fourth-order valence-corrected chi connectivity index (χ4v) is 0.959. The standard InChI is InChI=1S/C8H4ClNO2/c9-6-1-2-7(8(11)12)5(3-6)4-10/h1-3H,(H,11,12)/p-1. The Bertz CT molecular complexity index is 368. The summed E-state index contributed by atoms with van der Waals surface area (Å²) < 4.78 is 0. The maximum atomic E-state index is 10.4. The third kappa shape index (κ3) is 1.55. The molecule has 0 spiro atoms. The normalized spacial score (nSPS) is 9.00. The molecule has 0 amide bonds. The van der Waals surface area contributed by atoms with Crippen LogP contribution in [-0.2, 0) is 0 Å². The average molecular weight is 181 g/mol. The number of carbonyl (C=O) groups excluding carboxylic acids is 1. The molecular weight excluding hydrogens is 178 g/mol. The van der Waals surface area contributed by atoms with E-state index in [4.69, 9.17) is 16.9 Å². The molecule has 60 valence electrons. The maximum absolute atomic E-state index is 10.4. The SMILES string of the molecule is N#Cc1cc(Cl)ccc1C(=O)[O-]. The quantitative estimate of drug-likeness (QED) is 0.635. The van der Waals surface area contributed by atoms with Crippen LogP contribution >= 0.6 is 11.6 Å². The summed E-state index contributed by atoms with van der Waals surface area (Å²) in [5, 5.41) is 19.2. The third-order valence-electron chi connectivity index (χ3n) is 1.32. The van der Waals surface area contributed by atoms with Crippen molar-refractivity contribution in [3.8, 4) is 6.07 Å². The van der Waals surface area contributed by atoms with E-state index in [1.807, 2.05) is 0 Å². The lowest BCUT2D eigenvalue weighted by molar-refractivity contribution is -0.255. The van der Waals surface area contributed by atoms with Gasteiger partial charge in [-0.25, -0.2) is 0 Å². The molecule has 1 rings (SSSR count). The van der Waals surface area contributed by atoms with E-state index in [-0.39, 0.29) is 11.1 Å². The van der Waals surface area contributed by atoms with Crippen LogP contribution in [0.5, 0.6) is 0 Å². The molecule has 0 aliphatic heterocycles. The molecule has 0 aliphatic rings. The second kappa shape index (κ2) is 3.24. The van der Waals surface area contributed by atoms with Gasteiger partial charge in [-0.15, -0.1) is 0 Å². The van der Waals surface area contributed by atoms with E-state index in [0.717, 1.165) is 0 Å². The van der Waals surface area contributed by atoms with Crippen LogP contribution in [-0.4, -0.2) is 5.97 Å². The van der Waals surface area contributed by atoms with Gasteiger partial charge in [0.2, 0.25) is 0 Å². The molecule has 0 atom stereocenters. The fourth-order valence-electron chi connectivity index (χ4n) is 0.787. The van der Waals surface area contributed by atoms with E-state index in [2.05, 4.69) is 0 Å². The highest BCUT2D eigenvalue weighted by Gasteiger charge is 2.02. The van der Waals surface area contributed by atoms with Crippen LogP contribution in [0.4, 0.5) is 0 Å². The van der Waals surface area contributed by atoms with Crippen LogP contribution in [0, 0.1) is 11.3 Å². The number of aromatic carboxylic acids is 1. The molecule has 1 aromatic rings. The molecule has 0 heterocycles. The van der Waals surface area contributed by atoms with Crippen molar-refractivity contribution in [2.24, 2.45) is 0 Å². The molecule has 1 aromatic carbocycles. The zero-order chi connectivity index (χ0) is 9.14. The minimum absolute atomic E-state index is 0.0162. The van der Waals surface area contributed by atoms with Crippen molar-refractivity contribution >= 4 is 17.6 Å². The van der Waals surface area contributed by atoms with Gasteiger partial charge in [0.05, 0.1) is 17.6 Å². The number of hydrogen-bond donors (Lipinski definition) is 0. The fraction of sp³-hybridized carbons (Fsp3) is 0. The molecule has 0 unspecified atom stereocenters. The zero-order valence-electron chi connectivity index (χ0n) is 5.87. The Labute approximate surface area is 73.8 Å². The number of halogens is 1. The minimum Gasteiger partial charge on any atom is -0.545 e. The Morgan fingerprint density at radius 1 is 1.58 bits per heavy atom. The van der Waals surface area contributed by atoms with Gasteiger partial charge in [-0.2, -0.15) is 5.26 Å². The topological polar surface area (TPSA) is 63.9 Å². The van der Waals surface area contributed by atoms with Gasteiger partial charge in [0, 0.05) is 10.6 Å². The second-order valence-corrected chi connectivity index (χ2v) is 2.53. The van der Waals surface area contributed by atoms with Gasteiger partial charge < -0.3 is 9.90 Å². The number of rotatable bonds is 1. The molecule has 0 radical (unpaired) electrons. The van der Waals surface area contributed by atoms with Crippen molar-refractivity contribution < 1.29 is 9.90 Å². The highest BCUT2D eigenvalue weighted by atomic mass is 35.5. The second-order valence-electron chi connectivity index (χ2n) is 2.09. The smallest absolute Gasteiger partial charge is 0.0999 e. The predicted octanol–water partition coefficient (Wildman–Crippen LogP) is 0.575. The lowest BCUT2D eigenvalue weighted by atomic mass is 10.1. The van der Waals surface area contributed by atoms with E-state index < -0.39 is 5.97 Å². The number of nitrogens with zero attached hydrogens (tertiary/aromatic N) is 1. The Balaban J connectivity index is 3.32. The van der Waals surface area contributed by atoms with Crippen molar-refractivity contribution in [2.75, 3.05) is 0 Å². The molecule has 0 N–H and O–H groups in total. The van der Waals surface area contributed by atoms with Gasteiger partial charge in [-0.05, 0) is 12.1 Å². The first-order chi connectivity index (χ1) is 5.65. The van der Waals surface area contributed by atoms with E-state index in [9.17, 15) is 9.90 Å². The summed E-state index contributed by atoms with van der Waals surface area (Å²) in [4.78, 5) is 10.4.